The minimum Gasteiger partial charge on any atom is -0.496 e. The highest BCUT2D eigenvalue weighted by Crippen LogP contribution is 2.21. The van der Waals surface area contributed by atoms with E-state index in [4.69, 9.17) is 14.5 Å². The molecule has 0 unspecified atom stereocenters. The van der Waals surface area contributed by atoms with Crippen molar-refractivity contribution in [3.63, 3.8) is 0 Å². The number of benzene rings is 1. The molecule has 2 rings (SSSR count). The van der Waals surface area contributed by atoms with Crippen LogP contribution < -0.4 is 10.1 Å². The number of aromatic nitrogens is 1. The monoisotopic (exact) mass is 500 g/mol. The fourth-order valence-corrected chi connectivity index (χ4v) is 2.73. The second-order valence-electron chi connectivity index (χ2n) is 6.16. The average Bonchev–Trinajstić information content (AvgIpc) is 3.08. The Morgan fingerprint density at radius 3 is 2.61 bits per heavy atom. The van der Waals surface area contributed by atoms with Crippen molar-refractivity contribution in [2.75, 3.05) is 27.8 Å². The Labute approximate surface area is 183 Å². The molecule has 0 spiro atoms. The Kier molecular flexibility index (Phi) is 9.84. The molecule has 0 fully saturated rings. The zero-order chi connectivity index (χ0) is 19.8. The Hall–Kier alpha value is -2.23. The summed E-state index contributed by atoms with van der Waals surface area (Å²) in [5, 5.41) is 3.31. The summed E-state index contributed by atoms with van der Waals surface area (Å²) in [6.07, 6.45) is 2.03. The molecule has 1 heterocycles. The number of aliphatic imine (C=N–C) groups is 1. The third-order valence-electron chi connectivity index (χ3n) is 4.23. The van der Waals surface area contributed by atoms with Crippen LogP contribution in [0.25, 0.3) is 0 Å². The number of rotatable bonds is 7. The summed E-state index contributed by atoms with van der Waals surface area (Å²) in [6, 6.07) is 9.50. The van der Waals surface area contributed by atoms with Gasteiger partial charge in [0.1, 0.15) is 11.3 Å². The van der Waals surface area contributed by atoms with Crippen LogP contribution in [0.5, 0.6) is 5.75 Å². The van der Waals surface area contributed by atoms with Crippen LogP contribution in [0, 0.1) is 0 Å². The third kappa shape index (κ3) is 6.15. The second kappa shape index (κ2) is 11.6. The molecule has 0 saturated carbocycles. The number of guanidine groups is 1. The Morgan fingerprint density at radius 1 is 1.29 bits per heavy atom. The van der Waals surface area contributed by atoms with Gasteiger partial charge in [-0.15, -0.1) is 24.0 Å². The van der Waals surface area contributed by atoms with Crippen molar-refractivity contribution in [2.45, 2.75) is 20.0 Å². The fourth-order valence-electron chi connectivity index (χ4n) is 2.73. The predicted octanol–water partition coefficient (Wildman–Crippen LogP) is 3.04. The lowest BCUT2D eigenvalue weighted by Gasteiger charge is -2.22. The zero-order valence-corrected chi connectivity index (χ0v) is 19.4. The van der Waals surface area contributed by atoms with Crippen LogP contribution >= 0.6 is 24.0 Å². The summed E-state index contributed by atoms with van der Waals surface area (Å²) >= 11 is 0. The maximum atomic E-state index is 11.8. The number of halogens is 1. The van der Waals surface area contributed by atoms with Crippen molar-refractivity contribution in [3.8, 4) is 5.75 Å². The van der Waals surface area contributed by atoms with Crippen molar-refractivity contribution in [1.82, 2.24) is 14.8 Å². The molecule has 0 atom stereocenters. The number of hydrogen-bond acceptors (Lipinski definition) is 4. The number of nitrogens with one attached hydrogen (secondary N) is 1. The van der Waals surface area contributed by atoms with Crippen molar-refractivity contribution in [3.05, 3.63) is 53.3 Å². The van der Waals surface area contributed by atoms with E-state index in [0.29, 0.717) is 17.9 Å². The molecule has 0 radical (unpaired) electrons. The molecule has 1 aromatic heterocycles. The molecule has 28 heavy (non-hydrogen) atoms. The molecule has 0 amide bonds. The topological polar surface area (TPSA) is 68.1 Å². The highest BCUT2D eigenvalue weighted by Gasteiger charge is 2.13. The highest BCUT2D eigenvalue weighted by molar-refractivity contribution is 14.0. The average molecular weight is 500 g/mol. The number of nitrogens with zero attached hydrogens (tertiary/aromatic N) is 3. The first-order valence-corrected chi connectivity index (χ1v) is 8.85. The number of ether oxygens (including phenoxy) is 2. The van der Waals surface area contributed by atoms with Crippen LogP contribution in [-0.2, 0) is 24.9 Å². The van der Waals surface area contributed by atoms with Gasteiger partial charge in [-0.3, -0.25) is 0 Å². The largest absolute Gasteiger partial charge is 0.496 e. The summed E-state index contributed by atoms with van der Waals surface area (Å²) in [7, 11) is 6.93. The maximum Gasteiger partial charge on any atom is 0.341 e. The SMILES string of the molecule is CCNC(=NCc1ccc(C(=O)OC)c(OC)c1)N(C)Cc1cccn1C.I. The molecule has 7 nitrogen and oxygen atoms in total. The van der Waals surface area contributed by atoms with E-state index in [9.17, 15) is 4.79 Å². The molecule has 0 aliphatic carbocycles. The van der Waals surface area contributed by atoms with Gasteiger partial charge in [-0.25, -0.2) is 9.79 Å². The first-order chi connectivity index (χ1) is 13.0. The van der Waals surface area contributed by atoms with Gasteiger partial charge in [0.05, 0.1) is 27.3 Å². The van der Waals surface area contributed by atoms with E-state index < -0.39 is 5.97 Å². The number of aryl methyl sites for hydroxylation is 1. The summed E-state index contributed by atoms with van der Waals surface area (Å²) in [4.78, 5) is 18.6. The Balaban J connectivity index is 0.00000392. The van der Waals surface area contributed by atoms with Gasteiger partial charge >= 0.3 is 5.97 Å². The lowest BCUT2D eigenvalue weighted by molar-refractivity contribution is 0.0597. The molecule has 1 N–H and O–H groups in total. The predicted molar refractivity (Wildman–Crippen MR) is 121 cm³/mol. The minimum absolute atomic E-state index is 0. The summed E-state index contributed by atoms with van der Waals surface area (Å²) in [5.74, 6) is 0.879. The lowest BCUT2D eigenvalue weighted by Crippen LogP contribution is -2.38. The lowest BCUT2D eigenvalue weighted by atomic mass is 10.1. The second-order valence-corrected chi connectivity index (χ2v) is 6.16. The van der Waals surface area contributed by atoms with Crippen molar-refractivity contribution >= 4 is 35.9 Å². The van der Waals surface area contributed by atoms with E-state index in [2.05, 4.69) is 20.9 Å². The Bertz CT molecular complexity index is 804. The van der Waals surface area contributed by atoms with Crippen molar-refractivity contribution < 1.29 is 14.3 Å². The van der Waals surface area contributed by atoms with Gasteiger partial charge in [-0.2, -0.15) is 0 Å². The van der Waals surface area contributed by atoms with E-state index >= 15 is 0 Å². The zero-order valence-electron chi connectivity index (χ0n) is 17.1. The Morgan fingerprint density at radius 2 is 2.04 bits per heavy atom. The number of esters is 1. The molecule has 0 bridgehead atoms. The third-order valence-corrected chi connectivity index (χ3v) is 4.23. The maximum absolute atomic E-state index is 11.8. The van der Waals surface area contributed by atoms with Gasteiger partial charge in [0.15, 0.2) is 5.96 Å². The van der Waals surface area contributed by atoms with E-state index in [-0.39, 0.29) is 24.0 Å². The van der Waals surface area contributed by atoms with E-state index in [1.807, 2.05) is 45.4 Å². The molecular formula is C20H29IN4O3. The van der Waals surface area contributed by atoms with E-state index in [1.165, 1.54) is 19.9 Å². The first kappa shape index (κ1) is 23.8. The minimum atomic E-state index is -0.419. The molecule has 1 aromatic carbocycles. The van der Waals surface area contributed by atoms with Gasteiger partial charge in [-0.05, 0) is 36.8 Å². The number of carbonyl (C=O) groups is 1. The fraction of sp³-hybridized carbons (Fsp3) is 0.400. The smallest absolute Gasteiger partial charge is 0.341 e. The summed E-state index contributed by atoms with van der Waals surface area (Å²) < 4.78 is 12.2. The van der Waals surface area contributed by atoms with Crippen LogP contribution in [0.2, 0.25) is 0 Å². The number of methoxy groups -OCH3 is 2. The molecule has 0 aliphatic rings. The van der Waals surface area contributed by atoms with Crippen LogP contribution in [0.15, 0.2) is 41.5 Å². The van der Waals surface area contributed by atoms with Crippen molar-refractivity contribution in [1.29, 1.82) is 0 Å². The number of hydrogen-bond donors (Lipinski definition) is 1. The van der Waals surface area contributed by atoms with E-state index in [1.54, 1.807) is 6.07 Å². The molecular weight excluding hydrogens is 471 g/mol. The first-order valence-electron chi connectivity index (χ1n) is 8.85. The van der Waals surface area contributed by atoms with Crippen LogP contribution in [-0.4, -0.2) is 49.2 Å². The van der Waals surface area contributed by atoms with Gasteiger partial charge in [-0.1, -0.05) is 6.07 Å². The molecule has 154 valence electrons. The van der Waals surface area contributed by atoms with Crippen LogP contribution in [0.4, 0.5) is 0 Å². The number of carbonyl (C=O) groups excluding carboxylic acids is 1. The van der Waals surface area contributed by atoms with Crippen LogP contribution in [0.1, 0.15) is 28.5 Å². The van der Waals surface area contributed by atoms with Gasteiger partial charge < -0.3 is 24.3 Å². The van der Waals surface area contributed by atoms with Crippen molar-refractivity contribution in [2.24, 2.45) is 12.0 Å². The summed E-state index contributed by atoms with van der Waals surface area (Å²) in [5.41, 5.74) is 2.55. The molecule has 8 heteroatoms. The molecule has 0 aliphatic heterocycles. The van der Waals surface area contributed by atoms with Crippen LogP contribution in [0.3, 0.4) is 0 Å². The molecule has 0 saturated heterocycles. The standard InChI is InChI=1S/C20H28N4O3.HI/c1-6-21-20(24(3)14-16-8-7-11-23(16)2)22-13-15-9-10-17(19(25)27-5)18(12-15)26-4;/h7-12H,6,13-14H2,1-5H3,(H,21,22);1H. The van der Waals surface area contributed by atoms with E-state index in [0.717, 1.165) is 24.6 Å². The summed E-state index contributed by atoms with van der Waals surface area (Å²) in [6.45, 7) is 4.04. The normalized spacial score (nSPS) is 10.8. The highest BCUT2D eigenvalue weighted by atomic mass is 127. The van der Waals surface area contributed by atoms with Gasteiger partial charge in [0, 0.05) is 32.5 Å². The van der Waals surface area contributed by atoms with Gasteiger partial charge in [0.25, 0.3) is 0 Å². The molecule has 2 aromatic rings. The van der Waals surface area contributed by atoms with Gasteiger partial charge in [0.2, 0.25) is 0 Å². The quantitative estimate of drug-likeness (QED) is 0.274.